The van der Waals surface area contributed by atoms with E-state index in [1.54, 1.807) is 0 Å². The van der Waals surface area contributed by atoms with Gasteiger partial charge in [0.25, 0.3) is 5.56 Å². The standard InChI is InChI=1S/C13H11FN2O2S/c14-10-3-1-9(2-4-10)11(17)6-8-19-13-15-7-5-12(18)16-13/h1-5,7H,6,8H2,(H,15,16,18). The van der Waals surface area contributed by atoms with Crippen LogP contribution < -0.4 is 5.56 Å². The number of hydrogen-bond donors (Lipinski definition) is 1. The molecule has 1 aromatic heterocycles. The fourth-order valence-corrected chi connectivity index (χ4v) is 2.23. The van der Waals surface area contributed by atoms with E-state index in [2.05, 4.69) is 9.97 Å². The van der Waals surface area contributed by atoms with Crippen molar-refractivity contribution in [2.24, 2.45) is 0 Å². The lowest BCUT2D eigenvalue weighted by molar-refractivity contribution is 0.0989. The van der Waals surface area contributed by atoms with Crippen LogP contribution in [0.1, 0.15) is 16.8 Å². The predicted octanol–water partition coefficient (Wildman–Crippen LogP) is 2.27. The Balaban J connectivity index is 1.87. The molecule has 0 fully saturated rings. The monoisotopic (exact) mass is 278 g/mol. The lowest BCUT2D eigenvalue weighted by Gasteiger charge is -2.01. The second-order valence-electron chi connectivity index (χ2n) is 3.77. The molecule has 0 atom stereocenters. The van der Waals surface area contributed by atoms with Crippen LogP contribution in [0.25, 0.3) is 0 Å². The number of rotatable bonds is 5. The van der Waals surface area contributed by atoms with E-state index in [0.717, 1.165) is 0 Å². The third-order valence-electron chi connectivity index (χ3n) is 2.38. The molecule has 0 bridgehead atoms. The molecule has 1 aromatic carbocycles. The van der Waals surface area contributed by atoms with Crippen molar-refractivity contribution >= 4 is 17.5 Å². The number of benzene rings is 1. The Morgan fingerprint density at radius 1 is 1.26 bits per heavy atom. The van der Waals surface area contributed by atoms with Crippen LogP contribution in [-0.4, -0.2) is 21.5 Å². The topological polar surface area (TPSA) is 62.8 Å². The van der Waals surface area contributed by atoms with Gasteiger partial charge in [0.15, 0.2) is 10.9 Å². The molecule has 1 N–H and O–H groups in total. The Labute approximate surface area is 113 Å². The minimum Gasteiger partial charge on any atom is -0.301 e. The summed E-state index contributed by atoms with van der Waals surface area (Å²) in [4.78, 5) is 29.3. The molecule has 4 nitrogen and oxygen atoms in total. The van der Waals surface area contributed by atoms with Gasteiger partial charge in [0.05, 0.1) is 0 Å². The molecule has 0 aliphatic rings. The summed E-state index contributed by atoms with van der Waals surface area (Å²) in [5.41, 5.74) is 0.263. The quantitative estimate of drug-likeness (QED) is 0.518. The van der Waals surface area contributed by atoms with Gasteiger partial charge in [0, 0.05) is 30.0 Å². The van der Waals surface area contributed by atoms with E-state index >= 15 is 0 Å². The van der Waals surface area contributed by atoms with E-state index in [0.29, 0.717) is 22.9 Å². The number of nitrogens with one attached hydrogen (secondary N) is 1. The molecular weight excluding hydrogens is 267 g/mol. The lowest BCUT2D eigenvalue weighted by atomic mass is 10.1. The number of H-pyrrole nitrogens is 1. The van der Waals surface area contributed by atoms with Crippen LogP contribution in [0.15, 0.2) is 46.5 Å². The predicted molar refractivity (Wildman–Crippen MR) is 70.9 cm³/mol. The maximum atomic E-state index is 12.7. The minimum absolute atomic E-state index is 0.0641. The van der Waals surface area contributed by atoms with Gasteiger partial charge in [0.2, 0.25) is 0 Å². The first-order chi connectivity index (χ1) is 9.15. The Morgan fingerprint density at radius 3 is 2.68 bits per heavy atom. The number of hydrogen-bond acceptors (Lipinski definition) is 4. The Hall–Kier alpha value is -1.95. The van der Waals surface area contributed by atoms with Crippen molar-refractivity contribution in [3.63, 3.8) is 0 Å². The van der Waals surface area contributed by atoms with Crippen molar-refractivity contribution in [1.82, 2.24) is 9.97 Å². The van der Waals surface area contributed by atoms with Crippen LogP contribution in [0.5, 0.6) is 0 Å². The van der Waals surface area contributed by atoms with Gasteiger partial charge in [-0.2, -0.15) is 0 Å². The second kappa shape index (κ2) is 6.29. The van der Waals surface area contributed by atoms with Gasteiger partial charge in [-0.15, -0.1) is 0 Å². The molecule has 0 saturated heterocycles. The molecular formula is C13H11FN2O2S. The van der Waals surface area contributed by atoms with Gasteiger partial charge >= 0.3 is 0 Å². The lowest BCUT2D eigenvalue weighted by Crippen LogP contribution is -2.06. The first kappa shape index (κ1) is 13.5. The summed E-state index contributed by atoms with van der Waals surface area (Å²) in [7, 11) is 0. The highest BCUT2D eigenvalue weighted by atomic mass is 32.2. The largest absolute Gasteiger partial charge is 0.301 e. The number of Topliss-reactive ketones (excluding diaryl/α,β-unsaturated/α-hetero) is 1. The molecule has 6 heteroatoms. The molecule has 0 radical (unpaired) electrons. The third-order valence-corrected chi connectivity index (χ3v) is 3.27. The number of nitrogens with zero attached hydrogens (tertiary/aromatic N) is 1. The average molecular weight is 278 g/mol. The van der Waals surface area contributed by atoms with Crippen molar-refractivity contribution in [3.8, 4) is 0 Å². The molecule has 0 unspecified atom stereocenters. The maximum absolute atomic E-state index is 12.7. The number of carbonyl (C=O) groups is 1. The van der Waals surface area contributed by atoms with E-state index in [1.807, 2.05) is 0 Å². The zero-order chi connectivity index (χ0) is 13.7. The first-order valence-corrected chi connectivity index (χ1v) is 6.60. The summed E-state index contributed by atoms with van der Waals surface area (Å²) in [6, 6.07) is 6.77. The van der Waals surface area contributed by atoms with Gasteiger partial charge in [-0.25, -0.2) is 9.37 Å². The smallest absolute Gasteiger partial charge is 0.251 e. The van der Waals surface area contributed by atoms with Gasteiger partial charge < -0.3 is 4.98 Å². The van der Waals surface area contributed by atoms with E-state index in [4.69, 9.17) is 0 Å². The molecule has 2 rings (SSSR count). The van der Waals surface area contributed by atoms with Crippen LogP contribution >= 0.6 is 11.8 Å². The molecule has 19 heavy (non-hydrogen) atoms. The molecule has 0 amide bonds. The number of thioether (sulfide) groups is 1. The fourth-order valence-electron chi connectivity index (χ4n) is 1.45. The Morgan fingerprint density at radius 2 is 2.00 bits per heavy atom. The zero-order valence-corrected chi connectivity index (χ0v) is 10.7. The second-order valence-corrected chi connectivity index (χ2v) is 4.85. The van der Waals surface area contributed by atoms with Crippen LogP contribution in [0, 0.1) is 5.82 Å². The van der Waals surface area contributed by atoms with Gasteiger partial charge in [-0.3, -0.25) is 9.59 Å². The first-order valence-electron chi connectivity index (χ1n) is 5.62. The average Bonchev–Trinajstić information content (AvgIpc) is 2.39. The van der Waals surface area contributed by atoms with E-state index in [-0.39, 0.29) is 17.2 Å². The number of halogens is 1. The summed E-state index contributed by atoms with van der Waals surface area (Å²) < 4.78 is 12.7. The van der Waals surface area contributed by atoms with Crippen molar-refractivity contribution < 1.29 is 9.18 Å². The summed E-state index contributed by atoms with van der Waals surface area (Å²) in [6.07, 6.45) is 1.72. The van der Waals surface area contributed by atoms with E-state index < -0.39 is 0 Å². The van der Waals surface area contributed by atoms with Gasteiger partial charge in [-0.05, 0) is 24.3 Å². The van der Waals surface area contributed by atoms with Crippen molar-refractivity contribution in [2.45, 2.75) is 11.6 Å². The van der Waals surface area contributed by atoms with Crippen LogP contribution in [0.2, 0.25) is 0 Å². The number of carbonyl (C=O) groups excluding carboxylic acids is 1. The van der Waals surface area contributed by atoms with Crippen molar-refractivity contribution in [3.05, 3.63) is 58.3 Å². The fraction of sp³-hybridized carbons (Fsp3) is 0.154. The highest BCUT2D eigenvalue weighted by Crippen LogP contribution is 2.14. The number of aromatic nitrogens is 2. The summed E-state index contributed by atoms with van der Waals surface area (Å²) in [5, 5.41) is 0.486. The summed E-state index contributed by atoms with van der Waals surface area (Å²) in [5.74, 6) is 0.0751. The molecule has 1 heterocycles. The Bertz CT molecular complexity index is 625. The molecule has 98 valence electrons. The van der Waals surface area contributed by atoms with Crippen molar-refractivity contribution in [2.75, 3.05) is 5.75 Å². The molecule has 0 spiro atoms. The molecule has 2 aromatic rings. The minimum atomic E-state index is -0.364. The number of ketones is 1. The maximum Gasteiger partial charge on any atom is 0.251 e. The third kappa shape index (κ3) is 4.03. The SMILES string of the molecule is O=C(CCSc1nccc(=O)[nH]1)c1ccc(F)cc1. The molecule has 0 saturated carbocycles. The van der Waals surface area contributed by atoms with Crippen molar-refractivity contribution in [1.29, 1.82) is 0 Å². The highest BCUT2D eigenvalue weighted by molar-refractivity contribution is 7.99. The summed E-state index contributed by atoms with van der Waals surface area (Å²) >= 11 is 1.30. The van der Waals surface area contributed by atoms with E-state index in [9.17, 15) is 14.0 Å². The molecule has 0 aliphatic heterocycles. The normalized spacial score (nSPS) is 10.4. The van der Waals surface area contributed by atoms with Crippen LogP contribution in [0.4, 0.5) is 4.39 Å². The number of aromatic amines is 1. The van der Waals surface area contributed by atoms with E-state index in [1.165, 1.54) is 48.3 Å². The highest BCUT2D eigenvalue weighted by Gasteiger charge is 2.06. The zero-order valence-electron chi connectivity index (χ0n) is 9.93. The Kier molecular flexibility index (Phi) is 4.46. The van der Waals surface area contributed by atoms with Gasteiger partial charge in [-0.1, -0.05) is 11.8 Å². The summed E-state index contributed by atoms with van der Waals surface area (Å²) in [6.45, 7) is 0. The van der Waals surface area contributed by atoms with Crippen LogP contribution in [0.3, 0.4) is 0 Å². The molecule has 0 aliphatic carbocycles. The van der Waals surface area contributed by atoms with Gasteiger partial charge in [0.1, 0.15) is 5.82 Å². The van der Waals surface area contributed by atoms with Crippen LogP contribution in [-0.2, 0) is 0 Å².